The van der Waals surface area contributed by atoms with Crippen LogP contribution in [0.2, 0.25) is 0 Å². The first kappa shape index (κ1) is 28.0. The van der Waals surface area contributed by atoms with E-state index in [-0.39, 0.29) is 0 Å². The molecule has 51 heavy (non-hydrogen) atoms. The van der Waals surface area contributed by atoms with Gasteiger partial charge in [0.2, 0.25) is 0 Å². The van der Waals surface area contributed by atoms with Crippen molar-refractivity contribution >= 4 is 65.6 Å². The molecule has 0 bridgehead atoms. The van der Waals surface area contributed by atoms with Crippen molar-refractivity contribution in [3.63, 3.8) is 0 Å². The van der Waals surface area contributed by atoms with Crippen LogP contribution < -0.4 is 0 Å². The molecule has 3 heteroatoms. The van der Waals surface area contributed by atoms with Gasteiger partial charge in [-0.25, -0.2) is 0 Å². The lowest BCUT2D eigenvalue weighted by Crippen LogP contribution is -1.96. The van der Waals surface area contributed by atoms with Gasteiger partial charge >= 0.3 is 0 Å². The second-order valence-corrected chi connectivity index (χ2v) is 13.4. The SMILES string of the molecule is c1ccc(-c2cccc(-c3ccc(-n4c5ccccc5c5cc6c7cc8oc9ccccc9c8cc7n(-c7ccccc7)c6cc54)cc3)c2)cc1. The fourth-order valence-corrected chi connectivity index (χ4v) is 8.14. The Bertz CT molecular complexity index is 3110. The van der Waals surface area contributed by atoms with Gasteiger partial charge in [0.1, 0.15) is 11.2 Å². The summed E-state index contributed by atoms with van der Waals surface area (Å²) in [5.41, 5.74) is 13.6. The van der Waals surface area contributed by atoms with Gasteiger partial charge in [0, 0.05) is 43.7 Å². The van der Waals surface area contributed by atoms with Crippen LogP contribution in [-0.2, 0) is 0 Å². The van der Waals surface area contributed by atoms with Crippen LogP contribution in [0.3, 0.4) is 0 Å². The van der Waals surface area contributed by atoms with Crippen molar-refractivity contribution < 1.29 is 4.42 Å². The second-order valence-electron chi connectivity index (χ2n) is 13.4. The van der Waals surface area contributed by atoms with Crippen molar-refractivity contribution in [2.75, 3.05) is 0 Å². The van der Waals surface area contributed by atoms with E-state index in [4.69, 9.17) is 4.42 Å². The third kappa shape index (κ3) is 4.25. The molecular formula is C48H30N2O. The summed E-state index contributed by atoms with van der Waals surface area (Å²) in [5.74, 6) is 0. The van der Waals surface area contributed by atoms with Gasteiger partial charge in [0.25, 0.3) is 0 Å². The average molecular weight is 651 g/mol. The van der Waals surface area contributed by atoms with Crippen LogP contribution >= 0.6 is 0 Å². The van der Waals surface area contributed by atoms with Gasteiger partial charge in [-0.15, -0.1) is 0 Å². The van der Waals surface area contributed by atoms with Crippen molar-refractivity contribution in [2.24, 2.45) is 0 Å². The summed E-state index contributed by atoms with van der Waals surface area (Å²) in [6, 6.07) is 65.5. The fourth-order valence-electron chi connectivity index (χ4n) is 8.14. The number of para-hydroxylation sites is 3. The third-order valence-corrected chi connectivity index (χ3v) is 10.5. The summed E-state index contributed by atoms with van der Waals surface area (Å²) >= 11 is 0. The molecular weight excluding hydrogens is 621 g/mol. The lowest BCUT2D eigenvalue weighted by atomic mass is 9.99. The highest BCUT2D eigenvalue weighted by molar-refractivity contribution is 6.22. The van der Waals surface area contributed by atoms with Crippen LogP contribution in [0.5, 0.6) is 0 Å². The molecule has 11 aromatic rings. The Morgan fingerprint density at radius 3 is 1.61 bits per heavy atom. The number of hydrogen-bond donors (Lipinski definition) is 0. The van der Waals surface area contributed by atoms with Crippen molar-refractivity contribution in [2.45, 2.75) is 0 Å². The predicted molar refractivity (Wildman–Crippen MR) is 213 cm³/mol. The molecule has 0 aliphatic heterocycles. The summed E-state index contributed by atoms with van der Waals surface area (Å²) < 4.78 is 11.2. The molecule has 3 heterocycles. The van der Waals surface area contributed by atoms with Gasteiger partial charge in [-0.1, -0.05) is 115 Å². The highest BCUT2D eigenvalue weighted by atomic mass is 16.3. The Balaban J connectivity index is 1.15. The van der Waals surface area contributed by atoms with Crippen LogP contribution in [0.1, 0.15) is 0 Å². The summed E-state index contributed by atoms with van der Waals surface area (Å²) in [7, 11) is 0. The molecule has 0 radical (unpaired) electrons. The zero-order chi connectivity index (χ0) is 33.5. The Morgan fingerprint density at radius 2 is 0.824 bits per heavy atom. The average Bonchev–Trinajstić information content (AvgIpc) is 3.83. The van der Waals surface area contributed by atoms with Crippen molar-refractivity contribution in [3.8, 4) is 33.6 Å². The van der Waals surface area contributed by atoms with Gasteiger partial charge < -0.3 is 13.6 Å². The fraction of sp³-hybridized carbons (Fsp3) is 0. The van der Waals surface area contributed by atoms with E-state index < -0.39 is 0 Å². The summed E-state index contributed by atoms with van der Waals surface area (Å²) in [5, 5.41) is 7.12. The maximum absolute atomic E-state index is 6.40. The first-order valence-electron chi connectivity index (χ1n) is 17.4. The molecule has 0 spiro atoms. The Kier molecular flexibility index (Phi) is 5.96. The molecule has 0 fully saturated rings. The van der Waals surface area contributed by atoms with E-state index in [0.717, 1.165) is 33.3 Å². The van der Waals surface area contributed by atoms with Crippen molar-refractivity contribution in [3.05, 3.63) is 182 Å². The Morgan fingerprint density at radius 1 is 0.275 bits per heavy atom. The number of aromatic nitrogens is 2. The molecule has 0 aliphatic rings. The standard InChI is InChI=1S/C48H30N2O/c1-3-12-31(13-4-1)33-14-11-15-34(26-33)32-22-24-36(25-23-32)49-43-20-9-7-18-37(43)39-27-40-41-29-48-42(38-19-8-10-21-47(38)51-48)28-44(41)50(46(40)30-45(39)49)35-16-5-2-6-17-35/h1-30H. The molecule has 0 saturated heterocycles. The van der Waals surface area contributed by atoms with Crippen LogP contribution in [0, 0.1) is 0 Å². The first-order chi connectivity index (χ1) is 25.3. The molecule has 238 valence electrons. The largest absolute Gasteiger partial charge is 0.456 e. The minimum Gasteiger partial charge on any atom is -0.456 e. The maximum Gasteiger partial charge on any atom is 0.136 e. The molecule has 3 nitrogen and oxygen atoms in total. The van der Waals surface area contributed by atoms with Crippen LogP contribution in [0.15, 0.2) is 186 Å². The van der Waals surface area contributed by atoms with E-state index in [1.807, 2.05) is 6.07 Å². The van der Waals surface area contributed by atoms with Gasteiger partial charge in [0.15, 0.2) is 0 Å². The lowest BCUT2D eigenvalue weighted by Gasteiger charge is -2.11. The smallest absolute Gasteiger partial charge is 0.136 e. The highest BCUT2D eigenvalue weighted by Crippen LogP contribution is 2.42. The lowest BCUT2D eigenvalue weighted by molar-refractivity contribution is 0.669. The van der Waals surface area contributed by atoms with E-state index in [1.165, 1.54) is 65.9 Å². The number of fused-ring (bicyclic) bond motifs is 9. The van der Waals surface area contributed by atoms with Crippen molar-refractivity contribution in [1.82, 2.24) is 9.13 Å². The molecule has 0 atom stereocenters. The van der Waals surface area contributed by atoms with E-state index in [1.54, 1.807) is 0 Å². The molecule has 0 amide bonds. The zero-order valence-corrected chi connectivity index (χ0v) is 27.6. The van der Waals surface area contributed by atoms with E-state index in [0.29, 0.717) is 0 Å². The zero-order valence-electron chi connectivity index (χ0n) is 27.6. The van der Waals surface area contributed by atoms with Crippen LogP contribution in [-0.4, -0.2) is 9.13 Å². The number of rotatable bonds is 4. The molecule has 8 aromatic carbocycles. The van der Waals surface area contributed by atoms with E-state index >= 15 is 0 Å². The second kappa shape index (κ2) is 10.8. The van der Waals surface area contributed by atoms with Gasteiger partial charge in [-0.3, -0.25) is 0 Å². The number of furan rings is 1. The summed E-state index contributed by atoms with van der Waals surface area (Å²) in [6.45, 7) is 0. The molecule has 0 unspecified atom stereocenters. The van der Waals surface area contributed by atoms with Gasteiger partial charge in [0.05, 0.1) is 22.1 Å². The minimum absolute atomic E-state index is 0.910. The first-order valence-corrected chi connectivity index (χ1v) is 17.4. The van der Waals surface area contributed by atoms with Crippen LogP contribution in [0.4, 0.5) is 0 Å². The number of nitrogens with zero attached hydrogens (tertiary/aromatic N) is 2. The van der Waals surface area contributed by atoms with Crippen molar-refractivity contribution in [1.29, 1.82) is 0 Å². The number of benzene rings is 8. The minimum atomic E-state index is 0.910. The molecule has 0 N–H and O–H groups in total. The molecule has 11 rings (SSSR count). The molecule has 0 aliphatic carbocycles. The molecule has 0 saturated carbocycles. The Hall–Kier alpha value is -6.84. The van der Waals surface area contributed by atoms with Gasteiger partial charge in [-0.2, -0.15) is 0 Å². The van der Waals surface area contributed by atoms with Crippen LogP contribution in [0.25, 0.3) is 99.2 Å². The normalized spacial score (nSPS) is 11.9. The van der Waals surface area contributed by atoms with Gasteiger partial charge in [-0.05, 0) is 89.0 Å². The highest BCUT2D eigenvalue weighted by Gasteiger charge is 2.20. The monoisotopic (exact) mass is 650 g/mol. The predicted octanol–water partition coefficient (Wildman–Crippen LogP) is 13.1. The maximum atomic E-state index is 6.40. The number of hydrogen-bond acceptors (Lipinski definition) is 1. The Labute approximate surface area is 293 Å². The summed E-state index contributed by atoms with van der Waals surface area (Å²) in [6.07, 6.45) is 0. The van der Waals surface area contributed by atoms with E-state index in [9.17, 15) is 0 Å². The van der Waals surface area contributed by atoms with E-state index in [2.05, 4.69) is 185 Å². The quantitative estimate of drug-likeness (QED) is 0.186. The third-order valence-electron chi connectivity index (χ3n) is 10.5. The molecule has 3 aromatic heterocycles. The summed E-state index contributed by atoms with van der Waals surface area (Å²) in [4.78, 5) is 0. The topological polar surface area (TPSA) is 23.0 Å².